The smallest absolute Gasteiger partial charge is 0.265 e. The Hall–Kier alpha value is -3.80. The molecule has 6 nitrogen and oxygen atoms in total. The average molecular weight is 390 g/mol. The molecule has 0 heterocycles. The Morgan fingerprint density at radius 3 is 2.31 bits per heavy atom. The molecule has 0 bridgehead atoms. The molecule has 6 heteroatoms. The number of rotatable bonds is 8. The summed E-state index contributed by atoms with van der Waals surface area (Å²) in [6.45, 7) is -0.205. The summed E-state index contributed by atoms with van der Waals surface area (Å²) in [5.74, 6) is 0.839. The molecule has 0 aliphatic heterocycles. The van der Waals surface area contributed by atoms with Crippen LogP contribution in [0.1, 0.15) is 5.56 Å². The van der Waals surface area contributed by atoms with Gasteiger partial charge >= 0.3 is 0 Å². The van der Waals surface area contributed by atoms with Gasteiger partial charge in [-0.1, -0.05) is 53.7 Å². The monoisotopic (exact) mass is 390 g/mol. The van der Waals surface area contributed by atoms with Gasteiger partial charge in [0.05, 0.1) is 20.4 Å². The third-order valence-electron chi connectivity index (χ3n) is 4.17. The lowest BCUT2D eigenvalue weighted by atomic mass is 10.1. The van der Waals surface area contributed by atoms with Crippen molar-refractivity contribution in [3.63, 3.8) is 0 Å². The summed E-state index contributed by atoms with van der Waals surface area (Å²) in [6.07, 6.45) is 1.48. The molecular formula is C23H22N2O4. The number of para-hydroxylation sites is 1. The normalized spacial score (nSPS) is 10.6. The van der Waals surface area contributed by atoms with Crippen molar-refractivity contribution in [2.75, 3.05) is 26.1 Å². The maximum absolute atomic E-state index is 12.0. The van der Waals surface area contributed by atoms with E-state index < -0.39 is 0 Å². The Morgan fingerprint density at radius 2 is 1.62 bits per heavy atom. The lowest BCUT2D eigenvalue weighted by Crippen LogP contribution is -2.16. The number of hydrogen-bond donors (Lipinski definition) is 1. The molecule has 0 radical (unpaired) electrons. The summed E-state index contributed by atoms with van der Waals surface area (Å²) in [4.78, 5) is 17.1. The number of carbonyl (C=O) groups excluding carboxylic acids is 1. The van der Waals surface area contributed by atoms with Crippen molar-refractivity contribution in [2.24, 2.45) is 5.16 Å². The number of nitrogens with zero attached hydrogens (tertiary/aromatic N) is 1. The summed E-state index contributed by atoms with van der Waals surface area (Å²) < 4.78 is 10.5. The van der Waals surface area contributed by atoms with Crippen LogP contribution in [-0.4, -0.2) is 32.9 Å². The summed E-state index contributed by atoms with van der Waals surface area (Å²) >= 11 is 0. The number of oxime groups is 1. The Labute approximate surface area is 169 Å². The molecule has 1 N–H and O–H groups in total. The lowest BCUT2D eigenvalue weighted by molar-refractivity contribution is -0.120. The third kappa shape index (κ3) is 5.35. The van der Waals surface area contributed by atoms with Crippen molar-refractivity contribution >= 4 is 17.8 Å². The molecule has 3 aromatic rings. The van der Waals surface area contributed by atoms with E-state index >= 15 is 0 Å². The van der Waals surface area contributed by atoms with Crippen LogP contribution in [0.15, 0.2) is 78.0 Å². The molecule has 29 heavy (non-hydrogen) atoms. The molecule has 3 rings (SSSR count). The van der Waals surface area contributed by atoms with Gasteiger partial charge in [0.2, 0.25) is 0 Å². The predicted molar refractivity (Wildman–Crippen MR) is 114 cm³/mol. The van der Waals surface area contributed by atoms with Crippen LogP contribution in [0, 0.1) is 0 Å². The first-order valence-electron chi connectivity index (χ1n) is 9.03. The van der Waals surface area contributed by atoms with Crippen molar-refractivity contribution in [3.05, 3.63) is 78.4 Å². The third-order valence-corrected chi connectivity index (χ3v) is 4.17. The van der Waals surface area contributed by atoms with Gasteiger partial charge in [-0.15, -0.1) is 0 Å². The number of anilines is 1. The topological polar surface area (TPSA) is 69.2 Å². The van der Waals surface area contributed by atoms with Gasteiger partial charge in [-0.2, -0.15) is 0 Å². The number of methoxy groups -OCH3 is 2. The highest BCUT2D eigenvalue weighted by Gasteiger charge is 2.08. The molecule has 0 aliphatic rings. The number of amides is 1. The SMILES string of the molecule is COc1cccc(/C=N\OCC(=O)Nc2ccc(-c3ccccc3)cc2)c1OC. The number of hydrogen-bond acceptors (Lipinski definition) is 5. The Bertz CT molecular complexity index is 970. The second-order valence-electron chi connectivity index (χ2n) is 6.08. The zero-order valence-electron chi connectivity index (χ0n) is 16.3. The van der Waals surface area contributed by atoms with Crippen LogP contribution in [0.5, 0.6) is 11.5 Å². The summed E-state index contributed by atoms with van der Waals surface area (Å²) in [7, 11) is 3.11. The largest absolute Gasteiger partial charge is 0.493 e. The van der Waals surface area contributed by atoms with E-state index in [9.17, 15) is 4.79 Å². The van der Waals surface area contributed by atoms with Crippen molar-refractivity contribution in [1.82, 2.24) is 0 Å². The molecule has 148 valence electrons. The quantitative estimate of drug-likeness (QED) is 0.458. The minimum atomic E-state index is -0.299. The van der Waals surface area contributed by atoms with Gasteiger partial charge in [0.25, 0.3) is 5.91 Å². The first kappa shape index (κ1) is 19.9. The fraction of sp³-hybridized carbons (Fsp3) is 0.130. The van der Waals surface area contributed by atoms with Crippen LogP contribution in [0.25, 0.3) is 11.1 Å². The van der Waals surface area contributed by atoms with Gasteiger partial charge < -0.3 is 19.6 Å². The number of carbonyl (C=O) groups is 1. The van der Waals surface area contributed by atoms with Crippen molar-refractivity contribution in [3.8, 4) is 22.6 Å². The molecule has 0 saturated carbocycles. The number of benzene rings is 3. The van der Waals surface area contributed by atoms with Gasteiger partial charge in [-0.25, -0.2) is 0 Å². The zero-order chi connectivity index (χ0) is 20.5. The van der Waals surface area contributed by atoms with Gasteiger partial charge in [0.15, 0.2) is 18.1 Å². The van der Waals surface area contributed by atoms with E-state index in [0.29, 0.717) is 22.7 Å². The minimum Gasteiger partial charge on any atom is -0.493 e. The molecule has 0 atom stereocenters. The standard InChI is InChI=1S/C23H22N2O4/c1-27-21-10-6-9-19(23(21)28-2)15-24-29-16-22(26)25-20-13-11-18(12-14-20)17-7-4-3-5-8-17/h3-15H,16H2,1-2H3,(H,25,26)/b24-15-. The number of nitrogens with one attached hydrogen (secondary N) is 1. The van der Waals surface area contributed by atoms with E-state index in [0.717, 1.165) is 11.1 Å². The van der Waals surface area contributed by atoms with E-state index in [1.807, 2.05) is 66.7 Å². The van der Waals surface area contributed by atoms with Crippen LogP contribution in [0.4, 0.5) is 5.69 Å². The van der Waals surface area contributed by atoms with Crippen LogP contribution in [-0.2, 0) is 9.63 Å². The maximum atomic E-state index is 12.0. The average Bonchev–Trinajstić information content (AvgIpc) is 2.77. The van der Waals surface area contributed by atoms with E-state index in [1.165, 1.54) is 6.21 Å². The Balaban J connectivity index is 1.52. The maximum Gasteiger partial charge on any atom is 0.265 e. The highest BCUT2D eigenvalue weighted by molar-refractivity contribution is 5.92. The zero-order valence-corrected chi connectivity index (χ0v) is 16.3. The molecule has 0 unspecified atom stereocenters. The van der Waals surface area contributed by atoms with Crippen molar-refractivity contribution in [2.45, 2.75) is 0 Å². The predicted octanol–water partition coefficient (Wildman–Crippen LogP) is 4.36. The van der Waals surface area contributed by atoms with Gasteiger partial charge in [-0.05, 0) is 35.4 Å². The fourth-order valence-corrected chi connectivity index (χ4v) is 2.78. The fourth-order valence-electron chi connectivity index (χ4n) is 2.78. The van der Waals surface area contributed by atoms with E-state index in [2.05, 4.69) is 10.5 Å². The lowest BCUT2D eigenvalue weighted by Gasteiger charge is -2.09. The first-order valence-corrected chi connectivity index (χ1v) is 9.03. The summed E-state index contributed by atoms with van der Waals surface area (Å²) in [5, 5.41) is 6.62. The number of ether oxygens (including phenoxy) is 2. The van der Waals surface area contributed by atoms with Crippen molar-refractivity contribution < 1.29 is 19.1 Å². The summed E-state index contributed by atoms with van der Waals surface area (Å²) in [5.41, 5.74) is 3.58. The van der Waals surface area contributed by atoms with Crippen molar-refractivity contribution in [1.29, 1.82) is 0 Å². The highest BCUT2D eigenvalue weighted by Crippen LogP contribution is 2.29. The Morgan fingerprint density at radius 1 is 0.897 bits per heavy atom. The molecule has 1 amide bonds. The van der Waals surface area contributed by atoms with Crippen LogP contribution < -0.4 is 14.8 Å². The highest BCUT2D eigenvalue weighted by atomic mass is 16.6. The van der Waals surface area contributed by atoms with E-state index in [-0.39, 0.29) is 12.5 Å². The molecule has 3 aromatic carbocycles. The van der Waals surface area contributed by atoms with E-state index in [4.69, 9.17) is 14.3 Å². The van der Waals surface area contributed by atoms with Gasteiger partial charge in [0.1, 0.15) is 0 Å². The molecular weight excluding hydrogens is 368 g/mol. The molecule has 0 fully saturated rings. The molecule has 0 aromatic heterocycles. The van der Waals surface area contributed by atoms with Crippen LogP contribution >= 0.6 is 0 Å². The van der Waals surface area contributed by atoms with Gasteiger partial charge in [-0.3, -0.25) is 4.79 Å². The molecule has 0 aliphatic carbocycles. The first-order chi connectivity index (χ1) is 14.2. The van der Waals surface area contributed by atoms with Crippen LogP contribution in [0.2, 0.25) is 0 Å². The van der Waals surface area contributed by atoms with Gasteiger partial charge in [0, 0.05) is 11.3 Å². The second kappa shape index (κ2) is 9.94. The Kier molecular flexibility index (Phi) is 6.84. The molecule has 0 saturated heterocycles. The van der Waals surface area contributed by atoms with E-state index in [1.54, 1.807) is 20.3 Å². The summed E-state index contributed by atoms with van der Waals surface area (Å²) in [6, 6.07) is 23.1. The van der Waals surface area contributed by atoms with Crippen LogP contribution in [0.3, 0.4) is 0 Å². The second-order valence-corrected chi connectivity index (χ2v) is 6.08. The minimum absolute atomic E-state index is 0.205. The molecule has 0 spiro atoms.